The Balaban J connectivity index is 0.000000184. The van der Waals surface area contributed by atoms with Crippen LogP contribution in [0.4, 0.5) is 11.4 Å². The molecule has 4 heterocycles. The van der Waals surface area contributed by atoms with Crippen molar-refractivity contribution in [3.63, 3.8) is 0 Å². The van der Waals surface area contributed by atoms with Crippen molar-refractivity contribution in [1.29, 1.82) is 0 Å². The average molecular weight is 1100 g/mol. The first-order valence-electron chi connectivity index (χ1n) is 25.4. The van der Waals surface area contributed by atoms with E-state index in [-0.39, 0.29) is 35.3 Å². The predicted molar refractivity (Wildman–Crippen MR) is 312 cm³/mol. The molecule has 0 spiro atoms. The summed E-state index contributed by atoms with van der Waals surface area (Å²) >= 11 is 3.48. The third-order valence-electron chi connectivity index (χ3n) is 14.0. The minimum absolute atomic E-state index is 0.0252. The highest BCUT2D eigenvalue weighted by Gasteiger charge is 2.19. The first kappa shape index (κ1) is 55.2. The summed E-state index contributed by atoms with van der Waals surface area (Å²) in [6, 6.07) is 52.0. The zero-order valence-electron chi connectivity index (χ0n) is 44.4. The molecule has 0 aliphatic heterocycles. The zero-order chi connectivity index (χ0) is 55.6. The molecular formula is C63H59BrN8O6. The van der Waals surface area contributed by atoms with E-state index in [1.54, 1.807) is 36.7 Å². The number of hydrogen-bond acceptors (Lipinski definition) is 8. The number of amides is 2. The van der Waals surface area contributed by atoms with E-state index in [0.717, 1.165) is 84.3 Å². The molecule has 6 aromatic carbocycles. The van der Waals surface area contributed by atoms with E-state index in [1.807, 2.05) is 106 Å². The van der Waals surface area contributed by atoms with Crippen LogP contribution in [0.15, 0.2) is 187 Å². The summed E-state index contributed by atoms with van der Waals surface area (Å²) in [5.74, 6) is -0.367. The number of hydrogen-bond donors (Lipinski definition) is 2. The molecule has 0 radical (unpaired) electrons. The van der Waals surface area contributed by atoms with Gasteiger partial charge in [0, 0.05) is 110 Å². The maximum absolute atomic E-state index is 13.1. The summed E-state index contributed by atoms with van der Waals surface area (Å²) < 4.78 is 5.60. The molecule has 2 atom stereocenters. The van der Waals surface area contributed by atoms with Gasteiger partial charge in [0.15, 0.2) is 0 Å². The van der Waals surface area contributed by atoms with Crippen LogP contribution in [0.5, 0.6) is 0 Å². The van der Waals surface area contributed by atoms with Crippen molar-refractivity contribution in [2.45, 2.75) is 73.6 Å². The monoisotopic (exact) mass is 1100 g/mol. The van der Waals surface area contributed by atoms with E-state index in [1.165, 1.54) is 41.1 Å². The molecule has 0 saturated heterocycles. The normalized spacial score (nSPS) is 11.6. The number of aromatic nitrogens is 4. The van der Waals surface area contributed by atoms with Crippen molar-refractivity contribution in [2.75, 3.05) is 0 Å². The number of carbonyl (C=O) groups excluding carboxylic acids is 2. The molecular weight excluding hydrogens is 1040 g/mol. The Hall–Kier alpha value is -9.08. The molecule has 10 rings (SSSR count). The van der Waals surface area contributed by atoms with Crippen molar-refractivity contribution in [2.24, 2.45) is 0 Å². The molecule has 14 nitrogen and oxygen atoms in total. The second-order valence-electron chi connectivity index (χ2n) is 19.2. The lowest BCUT2D eigenvalue weighted by molar-refractivity contribution is -0.385. The maximum Gasteiger partial charge on any atom is 0.269 e. The predicted octanol–water partition coefficient (Wildman–Crippen LogP) is 14.6. The first-order valence-corrected chi connectivity index (χ1v) is 26.2. The number of non-ortho nitro benzene ring substituents is 2. The fourth-order valence-corrected chi connectivity index (χ4v) is 9.47. The van der Waals surface area contributed by atoms with Crippen molar-refractivity contribution >= 4 is 60.9 Å². The first-order chi connectivity index (χ1) is 37.4. The molecule has 10 aromatic rings. The van der Waals surface area contributed by atoms with Crippen LogP contribution in [0.3, 0.4) is 0 Å². The number of nitro groups is 2. The molecule has 0 saturated carbocycles. The molecule has 0 aliphatic carbocycles. The van der Waals surface area contributed by atoms with Crippen LogP contribution >= 0.6 is 15.9 Å². The Morgan fingerprint density at radius 1 is 0.538 bits per heavy atom. The van der Waals surface area contributed by atoms with Gasteiger partial charge in [0.05, 0.1) is 27.6 Å². The van der Waals surface area contributed by atoms with Crippen molar-refractivity contribution in [3.05, 3.63) is 269 Å². The third kappa shape index (κ3) is 13.1. The minimum Gasteiger partial charge on any atom is -0.346 e. The van der Waals surface area contributed by atoms with E-state index in [2.05, 4.69) is 110 Å². The Bertz CT molecular complexity index is 3750. The van der Waals surface area contributed by atoms with E-state index in [9.17, 15) is 29.8 Å². The standard InChI is InChI=1S/C31H28N4O3.C26H24BrN3O3.C6H7N/c1-20-22(3)34(19-23-7-9-25(10-8-23)29-6-4-5-17-32-29)30-16-13-26(18-28(20)30)31(36)33-21(2)24-11-14-27(15-12-24)35(37)38;1-16-18(3)29(15-19-4-9-22(27)10-5-19)25-13-8-21(14-24(16)25)26(31)28-17(2)20-6-11-23(12-7-20)30(32)33;1-6-4-2-3-5-7-6/h4-18,21H,19H2,1-3H3,(H,33,36);4-14,17H,15H2,1-3H3,(H,28,31);2-5H,1H3/t21-;17-;/m00./s1. The summed E-state index contributed by atoms with van der Waals surface area (Å²) in [4.78, 5) is 55.3. The molecule has 0 unspecified atom stereocenters. The van der Waals surface area contributed by atoms with Gasteiger partial charge >= 0.3 is 0 Å². The Morgan fingerprint density at radius 3 is 1.33 bits per heavy atom. The number of carbonyl (C=O) groups is 2. The number of halogens is 1. The molecule has 78 heavy (non-hydrogen) atoms. The maximum atomic E-state index is 13.1. The largest absolute Gasteiger partial charge is 0.346 e. The lowest BCUT2D eigenvalue weighted by Gasteiger charge is -2.14. The summed E-state index contributed by atoms with van der Waals surface area (Å²) in [5, 5.41) is 29.9. The third-order valence-corrected chi connectivity index (χ3v) is 14.6. The van der Waals surface area contributed by atoms with Crippen LogP contribution in [0.25, 0.3) is 33.1 Å². The van der Waals surface area contributed by atoms with Crippen LogP contribution in [0, 0.1) is 54.8 Å². The molecule has 4 aromatic heterocycles. The highest BCUT2D eigenvalue weighted by Crippen LogP contribution is 2.30. The second kappa shape index (κ2) is 24.7. The van der Waals surface area contributed by atoms with Gasteiger partial charge in [-0.1, -0.05) is 88.7 Å². The smallest absolute Gasteiger partial charge is 0.269 e. The lowest BCUT2D eigenvalue weighted by Crippen LogP contribution is -2.26. The highest BCUT2D eigenvalue weighted by atomic mass is 79.9. The van der Waals surface area contributed by atoms with Crippen LogP contribution in [0.1, 0.15) is 97.1 Å². The van der Waals surface area contributed by atoms with Gasteiger partial charge in [0.2, 0.25) is 0 Å². The number of rotatable bonds is 13. The van der Waals surface area contributed by atoms with Gasteiger partial charge < -0.3 is 19.8 Å². The van der Waals surface area contributed by atoms with Gasteiger partial charge in [-0.3, -0.25) is 39.8 Å². The summed E-state index contributed by atoms with van der Waals surface area (Å²) in [6.45, 7) is 15.5. The summed E-state index contributed by atoms with van der Waals surface area (Å²) in [7, 11) is 0. The number of nitro benzene ring substituents is 2. The van der Waals surface area contributed by atoms with Crippen LogP contribution < -0.4 is 10.6 Å². The molecule has 394 valence electrons. The van der Waals surface area contributed by atoms with Crippen LogP contribution in [-0.2, 0) is 13.1 Å². The topological polar surface area (TPSA) is 180 Å². The molecule has 15 heteroatoms. The zero-order valence-corrected chi connectivity index (χ0v) is 46.0. The molecule has 0 bridgehead atoms. The quantitative estimate of drug-likeness (QED) is 0.0845. The van der Waals surface area contributed by atoms with Crippen molar-refractivity contribution in [1.82, 2.24) is 29.7 Å². The van der Waals surface area contributed by atoms with Crippen molar-refractivity contribution < 1.29 is 19.4 Å². The van der Waals surface area contributed by atoms with Gasteiger partial charge in [-0.2, -0.15) is 0 Å². The Kier molecular flexibility index (Phi) is 17.5. The van der Waals surface area contributed by atoms with Gasteiger partial charge in [0.25, 0.3) is 23.2 Å². The average Bonchev–Trinajstić information content (AvgIpc) is 3.88. The van der Waals surface area contributed by atoms with E-state index in [0.29, 0.717) is 11.1 Å². The Labute approximate surface area is 461 Å². The number of fused-ring (bicyclic) bond motifs is 2. The number of aryl methyl sites for hydroxylation is 3. The van der Waals surface area contributed by atoms with Gasteiger partial charge in [0.1, 0.15) is 0 Å². The molecule has 2 N–H and O–H groups in total. The van der Waals surface area contributed by atoms with E-state index < -0.39 is 9.85 Å². The fraction of sp³-hybridized carbons (Fsp3) is 0.175. The van der Waals surface area contributed by atoms with Crippen molar-refractivity contribution in [3.8, 4) is 11.3 Å². The molecule has 2 amide bonds. The number of nitrogens with zero attached hydrogens (tertiary/aromatic N) is 6. The molecule has 0 fully saturated rings. The summed E-state index contributed by atoms with van der Waals surface area (Å²) in [6.07, 6.45) is 3.58. The van der Waals surface area contributed by atoms with Crippen LogP contribution in [0.2, 0.25) is 0 Å². The number of pyridine rings is 2. The van der Waals surface area contributed by atoms with Gasteiger partial charge in [-0.05, 0) is 155 Å². The second-order valence-corrected chi connectivity index (χ2v) is 20.1. The van der Waals surface area contributed by atoms with Crippen LogP contribution in [-0.4, -0.2) is 40.8 Å². The van der Waals surface area contributed by atoms with Gasteiger partial charge in [-0.15, -0.1) is 0 Å². The number of nitrogens with one attached hydrogen (secondary N) is 2. The lowest BCUT2D eigenvalue weighted by atomic mass is 10.1. The molecule has 0 aliphatic rings. The fourth-order valence-electron chi connectivity index (χ4n) is 9.20. The minimum atomic E-state index is -0.435. The number of benzene rings is 6. The Morgan fingerprint density at radius 2 is 0.962 bits per heavy atom. The van der Waals surface area contributed by atoms with E-state index >= 15 is 0 Å². The highest BCUT2D eigenvalue weighted by molar-refractivity contribution is 9.10. The summed E-state index contributed by atoms with van der Waals surface area (Å²) in [5.41, 5.74) is 15.1. The SMILES string of the molecule is Cc1c(C)n(Cc2ccc(-c3ccccn3)cc2)c2ccc(C(=O)N[C@@H](C)c3ccc([N+](=O)[O-])cc3)cc12.Cc1c(C)n(Cc2ccc(Br)cc2)c2ccc(C(=O)N[C@@H](C)c3ccc([N+](=O)[O-])cc3)cc12.Cc1ccccn1. The van der Waals surface area contributed by atoms with Gasteiger partial charge in [-0.25, -0.2) is 0 Å². The van der Waals surface area contributed by atoms with E-state index in [4.69, 9.17) is 0 Å².